The van der Waals surface area contributed by atoms with Gasteiger partial charge in [0, 0.05) is 5.04 Å². The molecule has 0 N–H and O–H groups in total. The lowest BCUT2D eigenvalue weighted by atomic mass is 10.1. The van der Waals surface area contributed by atoms with Crippen LogP contribution in [0.5, 0.6) is 5.75 Å². The Kier molecular flexibility index (Phi) is 3.72. The van der Waals surface area contributed by atoms with Gasteiger partial charge >= 0.3 is 0 Å². The predicted molar refractivity (Wildman–Crippen MR) is 90.8 cm³/mol. The van der Waals surface area contributed by atoms with Gasteiger partial charge in [0.05, 0.1) is 15.2 Å². The van der Waals surface area contributed by atoms with E-state index in [1.165, 1.54) is 21.9 Å². The number of hydrogen-bond acceptors (Lipinski definition) is 1. The Morgan fingerprint density at radius 2 is 1.75 bits per heavy atom. The number of aryl methyl sites for hydroxylation is 2. The SMILES string of the molecule is COc1c(C)cc(C)cc1[Si](C)(C)C1(C)C=CC=C1C. The molecule has 0 radical (unpaired) electrons. The van der Waals surface area contributed by atoms with Crippen LogP contribution in [0.3, 0.4) is 0 Å². The molecule has 1 nitrogen and oxygen atoms in total. The minimum Gasteiger partial charge on any atom is -0.497 e. The van der Waals surface area contributed by atoms with E-state index in [-0.39, 0.29) is 5.04 Å². The predicted octanol–water partition coefficient (Wildman–Crippen LogP) is 4.50. The summed E-state index contributed by atoms with van der Waals surface area (Å²) in [5.41, 5.74) is 4.04. The standard InChI is InChI=1S/C18H26OSi/c1-13-11-14(2)17(19-5)16(12-13)20(6,7)18(4)10-8-9-15(18)3/h8-12H,1-7H3. The van der Waals surface area contributed by atoms with Crippen LogP contribution in [0.1, 0.15) is 25.0 Å². The third kappa shape index (κ3) is 2.07. The van der Waals surface area contributed by atoms with Crippen LogP contribution in [0.4, 0.5) is 0 Å². The second-order valence-corrected chi connectivity index (χ2v) is 11.5. The van der Waals surface area contributed by atoms with Crippen molar-refractivity contribution in [1.29, 1.82) is 0 Å². The highest BCUT2D eigenvalue weighted by molar-refractivity contribution is 6.94. The molecule has 0 fully saturated rings. The monoisotopic (exact) mass is 286 g/mol. The van der Waals surface area contributed by atoms with Crippen molar-refractivity contribution in [2.45, 2.75) is 45.8 Å². The van der Waals surface area contributed by atoms with Gasteiger partial charge in [0.25, 0.3) is 0 Å². The average Bonchev–Trinajstić information content (AvgIpc) is 2.70. The van der Waals surface area contributed by atoms with E-state index in [4.69, 9.17) is 4.74 Å². The normalized spacial score (nSPS) is 22.1. The third-order valence-corrected chi connectivity index (χ3v) is 10.1. The van der Waals surface area contributed by atoms with E-state index < -0.39 is 8.07 Å². The van der Waals surface area contributed by atoms with Crippen molar-refractivity contribution in [2.24, 2.45) is 0 Å². The second-order valence-electron chi connectivity index (χ2n) is 6.70. The van der Waals surface area contributed by atoms with E-state index >= 15 is 0 Å². The van der Waals surface area contributed by atoms with Crippen LogP contribution in [0.2, 0.25) is 18.1 Å². The number of methoxy groups -OCH3 is 1. The molecule has 0 spiro atoms. The molecule has 1 unspecified atom stereocenters. The molecule has 0 aromatic heterocycles. The topological polar surface area (TPSA) is 9.23 Å². The fourth-order valence-electron chi connectivity index (χ4n) is 3.36. The lowest BCUT2D eigenvalue weighted by molar-refractivity contribution is 0.414. The van der Waals surface area contributed by atoms with Gasteiger partial charge in [-0.05, 0) is 31.5 Å². The van der Waals surface area contributed by atoms with Crippen LogP contribution in [0.15, 0.2) is 35.9 Å². The molecule has 1 aromatic carbocycles. The Labute approximate surface area is 124 Å². The van der Waals surface area contributed by atoms with Crippen LogP contribution >= 0.6 is 0 Å². The van der Waals surface area contributed by atoms with Gasteiger partial charge in [-0.25, -0.2) is 0 Å². The number of benzene rings is 1. The lowest BCUT2D eigenvalue weighted by Gasteiger charge is -2.41. The van der Waals surface area contributed by atoms with Crippen molar-refractivity contribution < 1.29 is 4.74 Å². The summed E-state index contributed by atoms with van der Waals surface area (Å²) in [5, 5.41) is 1.60. The van der Waals surface area contributed by atoms with Gasteiger partial charge in [0.15, 0.2) is 0 Å². The molecule has 108 valence electrons. The van der Waals surface area contributed by atoms with Crippen molar-refractivity contribution in [3.63, 3.8) is 0 Å². The lowest BCUT2D eigenvalue weighted by Crippen LogP contribution is -2.51. The van der Waals surface area contributed by atoms with Crippen LogP contribution < -0.4 is 9.92 Å². The van der Waals surface area contributed by atoms with E-state index in [1.54, 1.807) is 7.11 Å². The Hall–Kier alpha value is -1.28. The highest BCUT2D eigenvalue weighted by Gasteiger charge is 2.46. The van der Waals surface area contributed by atoms with Crippen LogP contribution in [0.25, 0.3) is 0 Å². The maximum Gasteiger partial charge on any atom is 0.121 e. The summed E-state index contributed by atoms with van der Waals surface area (Å²) in [4.78, 5) is 0. The number of ether oxygens (including phenoxy) is 1. The first-order chi connectivity index (χ1) is 9.24. The van der Waals surface area contributed by atoms with E-state index in [0.29, 0.717) is 0 Å². The van der Waals surface area contributed by atoms with Gasteiger partial charge in [-0.3, -0.25) is 0 Å². The first kappa shape index (κ1) is 15.1. The fraction of sp³-hybridized carbons (Fsp3) is 0.444. The third-order valence-electron chi connectivity index (χ3n) is 5.19. The van der Waals surface area contributed by atoms with Crippen molar-refractivity contribution in [2.75, 3.05) is 7.11 Å². The smallest absolute Gasteiger partial charge is 0.121 e. The van der Waals surface area contributed by atoms with E-state index in [2.05, 4.69) is 71.1 Å². The van der Waals surface area contributed by atoms with Crippen molar-refractivity contribution >= 4 is 13.3 Å². The fourth-order valence-corrected chi connectivity index (χ4v) is 6.96. The molecule has 1 aliphatic rings. The molecule has 0 amide bonds. The molecule has 2 rings (SSSR count). The van der Waals surface area contributed by atoms with Crippen LogP contribution in [-0.4, -0.2) is 15.2 Å². The molecule has 0 aliphatic heterocycles. The summed E-state index contributed by atoms with van der Waals surface area (Å²) >= 11 is 0. The quantitative estimate of drug-likeness (QED) is 0.743. The molecule has 0 saturated carbocycles. The molecule has 1 aliphatic carbocycles. The highest BCUT2D eigenvalue weighted by atomic mass is 28.3. The largest absolute Gasteiger partial charge is 0.497 e. The van der Waals surface area contributed by atoms with Crippen molar-refractivity contribution in [3.05, 3.63) is 47.1 Å². The summed E-state index contributed by atoms with van der Waals surface area (Å²) in [5.74, 6) is 1.08. The molecule has 0 heterocycles. The maximum absolute atomic E-state index is 5.75. The summed E-state index contributed by atoms with van der Waals surface area (Å²) in [6.07, 6.45) is 6.84. The Balaban J connectivity index is 2.66. The first-order valence-electron chi connectivity index (χ1n) is 7.26. The number of allylic oxidation sites excluding steroid dienone is 4. The van der Waals surface area contributed by atoms with Gasteiger partial charge in [0.2, 0.25) is 0 Å². The van der Waals surface area contributed by atoms with E-state index in [0.717, 1.165) is 5.75 Å². The molecule has 20 heavy (non-hydrogen) atoms. The minimum atomic E-state index is -1.74. The number of hydrogen-bond donors (Lipinski definition) is 0. The van der Waals surface area contributed by atoms with Crippen LogP contribution in [-0.2, 0) is 0 Å². The van der Waals surface area contributed by atoms with E-state index in [9.17, 15) is 0 Å². The summed E-state index contributed by atoms with van der Waals surface area (Å²) in [6, 6.07) is 4.55. The van der Waals surface area contributed by atoms with Gasteiger partial charge in [-0.15, -0.1) is 0 Å². The molecule has 2 heteroatoms. The van der Waals surface area contributed by atoms with Gasteiger partial charge < -0.3 is 4.74 Å². The molecule has 0 saturated heterocycles. The molecular formula is C18H26OSi. The van der Waals surface area contributed by atoms with Crippen LogP contribution in [0, 0.1) is 13.8 Å². The van der Waals surface area contributed by atoms with Gasteiger partial charge in [-0.1, -0.05) is 61.5 Å². The molecule has 1 aromatic rings. The summed E-state index contributed by atoms with van der Waals surface area (Å²) < 4.78 is 5.75. The van der Waals surface area contributed by atoms with E-state index in [1.807, 2.05) is 0 Å². The second kappa shape index (κ2) is 4.92. The average molecular weight is 286 g/mol. The zero-order valence-electron chi connectivity index (χ0n) is 13.8. The Bertz CT molecular complexity index is 596. The van der Waals surface area contributed by atoms with Crippen molar-refractivity contribution in [1.82, 2.24) is 0 Å². The maximum atomic E-state index is 5.75. The molecule has 1 atom stereocenters. The molecule has 0 bridgehead atoms. The van der Waals surface area contributed by atoms with Gasteiger partial charge in [-0.2, -0.15) is 0 Å². The first-order valence-corrected chi connectivity index (χ1v) is 10.3. The zero-order valence-corrected chi connectivity index (χ0v) is 14.8. The Morgan fingerprint density at radius 1 is 1.10 bits per heavy atom. The number of rotatable bonds is 3. The summed E-state index contributed by atoms with van der Waals surface area (Å²) in [7, 11) is 0.0508. The summed E-state index contributed by atoms with van der Waals surface area (Å²) in [6.45, 7) is 13.9. The Morgan fingerprint density at radius 3 is 2.25 bits per heavy atom. The molecular weight excluding hydrogens is 260 g/mol. The van der Waals surface area contributed by atoms with Crippen molar-refractivity contribution in [3.8, 4) is 5.75 Å². The van der Waals surface area contributed by atoms with Gasteiger partial charge in [0.1, 0.15) is 5.75 Å². The highest BCUT2D eigenvalue weighted by Crippen LogP contribution is 2.49. The minimum absolute atomic E-state index is 0.167. The zero-order chi connectivity index (χ0) is 15.1.